The Kier molecular flexibility index (Phi) is 7.07. The van der Waals surface area contributed by atoms with E-state index in [1.165, 1.54) is 11.8 Å². The number of amides is 1. The number of carbonyl (C=O) groups excluding carboxylic acids is 1. The molecule has 1 aromatic carbocycles. The molecule has 0 saturated heterocycles. The number of rotatable bonds is 9. The van der Waals surface area contributed by atoms with Gasteiger partial charge in [-0.25, -0.2) is 0 Å². The number of thioether (sulfide) groups is 1. The Hall–Kier alpha value is -3.07. The van der Waals surface area contributed by atoms with Crippen molar-refractivity contribution >= 4 is 23.4 Å². The van der Waals surface area contributed by atoms with Crippen LogP contribution in [0.2, 0.25) is 0 Å². The molecule has 0 spiro atoms. The Labute approximate surface area is 173 Å². The number of nitrogens with one attached hydrogen (secondary N) is 1. The Balaban J connectivity index is 1.68. The highest BCUT2D eigenvalue weighted by molar-refractivity contribution is 7.99. The maximum Gasteiger partial charge on any atom is 0.234 e. The first-order valence-corrected chi connectivity index (χ1v) is 10.1. The molecule has 29 heavy (non-hydrogen) atoms. The normalized spacial score (nSPS) is 10.6. The van der Waals surface area contributed by atoms with Gasteiger partial charge in [-0.1, -0.05) is 24.8 Å². The summed E-state index contributed by atoms with van der Waals surface area (Å²) in [6, 6.07) is 10.9. The fourth-order valence-corrected chi connectivity index (χ4v) is 3.51. The number of carbonyl (C=O) groups is 1. The molecule has 0 aliphatic heterocycles. The number of pyridine rings is 1. The lowest BCUT2D eigenvalue weighted by atomic mass is 10.2. The molecular weight excluding hydrogens is 390 g/mol. The summed E-state index contributed by atoms with van der Waals surface area (Å²) in [7, 11) is 3.12. The standard InChI is InChI=1S/C20H23N5O3S/c1-4-11-25-19(15-7-5-6-10-21-15)23-24-20(25)29-13-18(26)22-14-8-9-16(27-2)17(12-14)28-3/h5-10,12H,4,11,13H2,1-3H3,(H,22,26). The lowest BCUT2D eigenvalue weighted by molar-refractivity contribution is -0.113. The van der Waals surface area contributed by atoms with Crippen molar-refractivity contribution in [1.29, 1.82) is 0 Å². The van der Waals surface area contributed by atoms with Gasteiger partial charge in [0.2, 0.25) is 5.91 Å². The Morgan fingerprint density at radius 3 is 2.66 bits per heavy atom. The van der Waals surface area contributed by atoms with E-state index < -0.39 is 0 Å². The summed E-state index contributed by atoms with van der Waals surface area (Å²) in [5.41, 5.74) is 1.40. The molecule has 0 aliphatic rings. The van der Waals surface area contributed by atoms with Gasteiger partial charge < -0.3 is 19.4 Å². The number of aromatic nitrogens is 4. The summed E-state index contributed by atoms with van der Waals surface area (Å²) < 4.78 is 12.5. The van der Waals surface area contributed by atoms with Gasteiger partial charge in [0.15, 0.2) is 22.5 Å². The van der Waals surface area contributed by atoms with Crippen LogP contribution in [0.25, 0.3) is 11.5 Å². The Morgan fingerprint density at radius 2 is 1.97 bits per heavy atom. The van der Waals surface area contributed by atoms with E-state index in [9.17, 15) is 4.79 Å². The molecule has 9 heteroatoms. The van der Waals surface area contributed by atoms with Gasteiger partial charge in [-0.15, -0.1) is 10.2 Å². The van der Waals surface area contributed by atoms with Crippen molar-refractivity contribution in [3.05, 3.63) is 42.6 Å². The van der Waals surface area contributed by atoms with E-state index in [-0.39, 0.29) is 11.7 Å². The summed E-state index contributed by atoms with van der Waals surface area (Å²) in [6.45, 7) is 2.83. The number of benzene rings is 1. The zero-order chi connectivity index (χ0) is 20.6. The molecule has 3 aromatic rings. The minimum absolute atomic E-state index is 0.146. The van der Waals surface area contributed by atoms with E-state index in [0.29, 0.717) is 28.2 Å². The van der Waals surface area contributed by atoms with E-state index >= 15 is 0 Å². The van der Waals surface area contributed by atoms with Crippen molar-refractivity contribution in [2.75, 3.05) is 25.3 Å². The van der Waals surface area contributed by atoms with Crippen LogP contribution < -0.4 is 14.8 Å². The van der Waals surface area contributed by atoms with Crippen LogP contribution >= 0.6 is 11.8 Å². The first-order valence-electron chi connectivity index (χ1n) is 9.15. The lowest BCUT2D eigenvalue weighted by Gasteiger charge is -2.11. The Bertz CT molecular complexity index is 962. The van der Waals surface area contributed by atoms with Crippen LogP contribution in [0.5, 0.6) is 11.5 Å². The van der Waals surface area contributed by atoms with Crippen LogP contribution in [0.3, 0.4) is 0 Å². The van der Waals surface area contributed by atoms with E-state index in [1.807, 2.05) is 22.8 Å². The van der Waals surface area contributed by atoms with Crippen LogP contribution in [0.15, 0.2) is 47.8 Å². The summed E-state index contributed by atoms with van der Waals surface area (Å²) in [5.74, 6) is 1.93. The molecule has 0 bridgehead atoms. The molecule has 0 unspecified atom stereocenters. The highest BCUT2D eigenvalue weighted by Crippen LogP contribution is 2.30. The molecule has 2 aromatic heterocycles. The minimum Gasteiger partial charge on any atom is -0.493 e. The number of hydrogen-bond donors (Lipinski definition) is 1. The summed E-state index contributed by atoms with van der Waals surface area (Å²) in [4.78, 5) is 16.8. The van der Waals surface area contributed by atoms with Crippen LogP contribution in [0, 0.1) is 0 Å². The third-order valence-electron chi connectivity index (χ3n) is 4.06. The Morgan fingerprint density at radius 1 is 1.14 bits per heavy atom. The highest BCUT2D eigenvalue weighted by Gasteiger charge is 2.16. The zero-order valence-corrected chi connectivity index (χ0v) is 17.4. The third kappa shape index (κ3) is 5.05. The lowest BCUT2D eigenvalue weighted by Crippen LogP contribution is -2.15. The number of nitrogens with zero attached hydrogens (tertiary/aromatic N) is 4. The van der Waals surface area contributed by atoms with Crippen molar-refractivity contribution in [3.8, 4) is 23.0 Å². The molecule has 3 rings (SSSR count). The summed E-state index contributed by atoms with van der Waals surface area (Å²) in [6.07, 6.45) is 2.65. The SMILES string of the molecule is CCCn1c(SCC(=O)Nc2ccc(OC)c(OC)c2)nnc1-c1ccccn1. The molecule has 0 aliphatic carbocycles. The predicted octanol–water partition coefficient (Wildman–Crippen LogP) is 3.50. The van der Waals surface area contributed by atoms with Crippen LogP contribution in [0.4, 0.5) is 5.69 Å². The smallest absolute Gasteiger partial charge is 0.234 e. The van der Waals surface area contributed by atoms with E-state index in [0.717, 1.165) is 18.7 Å². The fourth-order valence-electron chi connectivity index (χ4n) is 2.75. The minimum atomic E-state index is -0.146. The monoisotopic (exact) mass is 413 g/mol. The van der Waals surface area contributed by atoms with Gasteiger partial charge in [0.1, 0.15) is 5.69 Å². The topological polar surface area (TPSA) is 91.2 Å². The van der Waals surface area contributed by atoms with E-state index in [1.54, 1.807) is 38.6 Å². The molecule has 8 nitrogen and oxygen atoms in total. The average molecular weight is 414 g/mol. The molecule has 0 fully saturated rings. The quantitative estimate of drug-likeness (QED) is 0.537. The second-order valence-corrected chi connectivity index (χ2v) is 7.02. The van der Waals surface area contributed by atoms with Crippen LogP contribution in [-0.2, 0) is 11.3 Å². The van der Waals surface area contributed by atoms with Gasteiger partial charge in [-0.2, -0.15) is 0 Å². The van der Waals surface area contributed by atoms with Crippen molar-refractivity contribution in [3.63, 3.8) is 0 Å². The zero-order valence-electron chi connectivity index (χ0n) is 16.6. The fraction of sp³-hybridized carbons (Fsp3) is 0.300. The second kappa shape index (κ2) is 9.92. The van der Waals surface area contributed by atoms with E-state index in [4.69, 9.17) is 9.47 Å². The summed E-state index contributed by atoms with van der Waals surface area (Å²) in [5, 5.41) is 12.1. The maximum absolute atomic E-state index is 12.4. The third-order valence-corrected chi connectivity index (χ3v) is 5.02. The van der Waals surface area contributed by atoms with Gasteiger partial charge in [-0.3, -0.25) is 9.78 Å². The van der Waals surface area contributed by atoms with Crippen molar-refractivity contribution in [2.45, 2.75) is 25.0 Å². The largest absolute Gasteiger partial charge is 0.493 e. The molecule has 152 valence electrons. The second-order valence-electron chi connectivity index (χ2n) is 6.08. The van der Waals surface area contributed by atoms with Crippen molar-refractivity contribution < 1.29 is 14.3 Å². The highest BCUT2D eigenvalue weighted by atomic mass is 32.2. The molecule has 1 N–H and O–H groups in total. The molecule has 2 heterocycles. The van der Waals surface area contributed by atoms with Gasteiger partial charge in [0.25, 0.3) is 0 Å². The molecule has 0 atom stereocenters. The number of anilines is 1. The first kappa shape index (κ1) is 20.7. The maximum atomic E-state index is 12.4. The van der Waals surface area contributed by atoms with Gasteiger partial charge in [0.05, 0.1) is 20.0 Å². The van der Waals surface area contributed by atoms with E-state index in [2.05, 4.69) is 27.4 Å². The van der Waals surface area contributed by atoms with Gasteiger partial charge >= 0.3 is 0 Å². The molecular formula is C20H23N5O3S. The van der Waals surface area contributed by atoms with Gasteiger partial charge in [0, 0.05) is 24.5 Å². The number of ether oxygens (including phenoxy) is 2. The number of hydrogen-bond acceptors (Lipinski definition) is 7. The molecule has 0 radical (unpaired) electrons. The predicted molar refractivity (Wildman–Crippen MR) is 112 cm³/mol. The van der Waals surface area contributed by atoms with Crippen LogP contribution in [-0.4, -0.2) is 45.6 Å². The van der Waals surface area contributed by atoms with Crippen LogP contribution in [0.1, 0.15) is 13.3 Å². The molecule has 1 amide bonds. The van der Waals surface area contributed by atoms with Crippen molar-refractivity contribution in [2.24, 2.45) is 0 Å². The number of methoxy groups -OCH3 is 2. The average Bonchev–Trinajstić information content (AvgIpc) is 3.15. The van der Waals surface area contributed by atoms with Crippen molar-refractivity contribution in [1.82, 2.24) is 19.7 Å². The summed E-state index contributed by atoms with van der Waals surface area (Å²) >= 11 is 1.34. The first-order chi connectivity index (χ1) is 14.2. The van der Waals surface area contributed by atoms with Gasteiger partial charge in [-0.05, 0) is 30.7 Å². The molecule has 0 saturated carbocycles.